The molecule has 2 nitrogen and oxygen atoms in total. The van der Waals surface area contributed by atoms with Crippen LogP contribution in [0, 0.1) is 6.92 Å². The van der Waals surface area contributed by atoms with Crippen molar-refractivity contribution in [1.29, 1.82) is 0 Å². The topological polar surface area (TPSA) is 15.3 Å². The van der Waals surface area contributed by atoms with Gasteiger partial charge in [-0.05, 0) is 63.2 Å². The molecule has 0 bridgehead atoms. The summed E-state index contributed by atoms with van der Waals surface area (Å²) in [6.07, 6.45) is 6.63. The third-order valence-electron chi connectivity index (χ3n) is 4.94. The van der Waals surface area contributed by atoms with Crippen LogP contribution in [0.25, 0.3) is 0 Å². The molecule has 0 spiro atoms. The number of benzene rings is 1. The largest absolute Gasteiger partial charge is 0.314 e. The summed E-state index contributed by atoms with van der Waals surface area (Å²) in [7, 11) is 0. The van der Waals surface area contributed by atoms with E-state index in [1.807, 2.05) is 0 Å². The molecule has 1 aliphatic carbocycles. The van der Waals surface area contributed by atoms with Crippen LogP contribution in [-0.4, -0.2) is 30.1 Å². The second-order valence-electron chi connectivity index (χ2n) is 6.45. The summed E-state index contributed by atoms with van der Waals surface area (Å²) in [6, 6.07) is 10.4. The molecule has 1 aromatic carbocycles. The Balaban J connectivity index is 1.86. The molecule has 2 rings (SSSR count). The minimum absolute atomic E-state index is 0.762. The molecule has 21 heavy (non-hydrogen) atoms. The SMILES string of the molecule is CCCNC1CCC(N(CC)Cc2ccccc2C)CC1. The summed E-state index contributed by atoms with van der Waals surface area (Å²) >= 11 is 0. The van der Waals surface area contributed by atoms with Crippen molar-refractivity contribution in [3.63, 3.8) is 0 Å². The number of hydrogen-bond donors (Lipinski definition) is 1. The maximum absolute atomic E-state index is 3.69. The van der Waals surface area contributed by atoms with Gasteiger partial charge in [0.25, 0.3) is 0 Å². The van der Waals surface area contributed by atoms with E-state index in [-0.39, 0.29) is 0 Å². The monoisotopic (exact) mass is 288 g/mol. The molecule has 0 aliphatic heterocycles. The first kappa shape index (κ1) is 16.5. The van der Waals surface area contributed by atoms with E-state index in [0.29, 0.717) is 0 Å². The Labute approximate surface area is 130 Å². The zero-order chi connectivity index (χ0) is 15.1. The highest BCUT2D eigenvalue weighted by molar-refractivity contribution is 5.25. The van der Waals surface area contributed by atoms with E-state index in [1.165, 1.54) is 49.8 Å². The lowest BCUT2D eigenvalue weighted by Gasteiger charge is -2.37. The van der Waals surface area contributed by atoms with Gasteiger partial charge in [0.05, 0.1) is 0 Å². The molecule has 0 heterocycles. The number of nitrogens with one attached hydrogen (secondary N) is 1. The Morgan fingerprint density at radius 2 is 1.81 bits per heavy atom. The van der Waals surface area contributed by atoms with Crippen molar-refractivity contribution >= 4 is 0 Å². The first-order valence-electron chi connectivity index (χ1n) is 8.76. The van der Waals surface area contributed by atoms with Crippen LogP contribution in [0.1, 0.15) is 57.1 Å². The van der Waals surface area contributed by atoms with Crippen LogP contribution in [0.2, 0.25) is 0 Å². The van der Waals surface area contributed by atoms with Crippen molar-refractivity contribution in [1.82, 2.24) is 10.2 Å². The van der Waals surface area contributed by atoms with Crippen molar-refractivity contribution in [3.05, 3.63) is 35.4 Å². The van der Waals surface area contributed by atoms with Crippen molar-refractivity contribution in [2.24, 2.45) is 0 Å². The normalized spacial score (nSPS) is 22.7. The first-order valence-corrected chi connectivity index (χ1v) is 8.76. The zero-order valence-electron chi connectivity index (χ0n) is 14.1. The van der Waals surface area contributed by atoms with E-state index in [9.17, 15) is 0 Å². The fourth-order valence-electron chi connectivity index (χ4n) is 3.50. The highest BCUT2D eigenvalue weighted by Crippen LogP contribution is 2.25. The summed E-state index contributed by atoms with van der Waals surface area (Å²) in [6.45, 7) is 10.2. The van der Waals surface area contributed by atoms with Crippen LogP contribution in [0.15, 0.2) is 24.3 Å². The fourth-order valence-corrected chi connectivity index (χ4v) is 3.50. The average molecular weight is 288 g/mol. The molecule has 0 aromatic heterocycles. The Kier molecular flexibility index (Phi) is 6.72. The summed E-state index contributed by atoms with van der Waals surface area (Å²) in [5.41, 5.74) is 2.92. The summed E-state index contributed by atoms with van der Waals surface area (Å²) in [5.74, 6) is 0. The van der Waals surface area contributed by atoms with Crippen molar-refractivity contribution < 1.29 is 0 Å². The van der Waals surface area contributed by atoms with Crippen molar-refractivity contribution in [3.8, 4) is 0 Å². The van der Waals surface area contributed by atoms with Crippen LogP contribution >= 0.6 is 0 Å². The zero-order valence-corrected chi connectivity index (χ0v) is 14.1. The molecule has 1 N–H and O–H groups in total. The van der Waals surface area contributed by atoms with E-state index in [1.54, 1.807) is 0 Å². The molecule has 1 fully saturated rings. The lowest BCUT2D eigenvalue weighted by Crippen LogP contribution is -2.42. The van der Waals surface area contributed by atoms with Gasteiger partial charge < -0.3 is 5.32 Å². The van der Waals surface area contributed by atoms with E-state index >= 15 is 0 Å². The van der Waals surface area contributed by atoms with E-state index < -0.39 is 0 Å². The van der Waals surface area contributed by atoms with Gasteiger partial charge in [-0.15, -0.1) is 0 Å². The third kappa shape index (κ3) is 4.82. The molecule has 0 radical (unpaired) electrons. The minimum Gasteiger partial charge on any atom is -0.314 e. The molecule has 1 aromatic rings. The molecule has 0 amide bonds. The summed E-state index contributed by atoms with van der Waals surface area (Å²) < 4.78 is 0. The smallest absolute Gasteiger partial charge is 0.0239 e. The molecule has 0 saturated heterocycles. The third-order valence-corrected chi connectivity index (χ3v) is 4.94. The quantitative estimate of drug-likeness (QED) is 0.811. The second kappa shape index (κ2) is 8.55. The van der Waals surface area contributed by atoms with Gasteiger partial charge in [0.15, 0.2) is 0 Å². The van der Waals surface area contributed by atoms with Gasteiger partial charge in [0, 0.05) is 18.6 Å². The van der Waals surface area contributed by atoms with Crippen LogP contribution < -0.4 is 5.32 Å². The first-order chi connectivity index (χ1) is 10.2. The van der Waals surface area contributed by atoms with Gasteiger partial charge in [-0.25, -0.2) is 0 Å². The van der Waals surface area contributed by atoms with Crippen LogP contribution in [0.3, 0.4) is 0 Å². The van der Waals surface area contributed by atoms with Gasteiger partial charge >= 0.3 is 0 Å². The van der Waals surface area contributed by atoms with Crippen LogP contribution in [-0.2, 0) is 6.54 Å². The van der Waals surface area contributed by atoms with Crippen molar-refractivity contribution in [2.45, 2.75) is 71.5 Å². The highest BCUT2D eigenvalue weighted by Gasteiger charge is 2.24. The van der Waals surface area contributed by atoms with E-state index in [4.69, 9.17) is 0 Å². The Morgan fingerprint density at radius 3 is 2.43 bits per heavy atom. The number of nitrogens with zero attached hydrogens (tertiary/aromatic N) is 1. The van der Waals surface area contributed by atoms with Crippen LogP contribution in [0.4, 0.5) is 0 Å². The molecule has 118 valence electrons. The van der Waals surface area contributed by atoms with E-state index in [2.05, 4.69) is 55.3 Å². The average Bonchev–Trinajstić information content (AvgIpc) is 2.53. The van der Waals surface area contributed by atoms with Crippen LogP contribution in [0.5, 0.6) is 0 Å². The lowest BCUT2D eigenvalue weighted by molar-refractivity contribution is 0.142. The molecule has 1 aliphatic rings. The molecular formula is C19H32N2. The number of rotatable bonds is 7. The summed E-state index contributed by atoms with van der Waals surface area (Å²) in [4.78, 5) is 2.68. The predicted octanol–water partition coefficient (Wildman–Crippen LogP) is 4.13. The predicted molar refractivity (Wildman–Crippen MR) is 91.6 cm³/mol. The van der Waals surface area contributed by atoms with Crippen molar-refractivity contribution in [2.75, 3.05) is 13.1 Å². The van der Waals surface area contributed by atoms with Gasteiger partial charge in [0.1, 0.15) is 0 Å². The van der Waals surface area contributed by atoms with Gasteiger partial charge in [-0.1, -0.05) is 38.1 Å². The molecule has 0 unspecified atom stereocenters. The maximum Gasteiger partial charge on any atom is 0.0239 e. The Hall–Kier alpha value is -0.860. The van der Waals surface area contributed by atoms with Gasteiger partial charge in [-0.3, -0.25) is 4.90 Å². The second-order valence-corrected chi connectivity index (χ2v) is 6.45. The maximum atomic E-state index is 3.69. The summed E-state index contributed by atoms with van der Waals surface area (Å²) in [5, 5.41) is 3.69. The Bertz CT molecular complexity index is 408. The van der Waals surface area contributed by atoms with Gasteiger partial charge in [0.2, 0.25) is 0 Å². The number of hydrogen-bond acceptors (Lipinski definition) is 2. The van der Waals surface area contributed by atoms with E-state index in [0.717, 1.165) is 25.2 Å². The highest BCUT2D eigenvalue weighted by atomic mass is 15.1. The number of aryl methyl sites for hydroxylation is 1. The Morgan fingerprint density at radius 1 is 1.10 bits per heavy atom. The molecule has 0 atom stereocenters. The lowest BCUT2D eigenvalue weighted by atomic mass is 9.89. The van der Waals surface area contributed by atoms with Gasteiger partial charge in [-0.2, -0.15) is 0 Å². The fraction of sp³-hybridized carbons (Fsp3) is 0.684. The standard InChI is InChI=1S/C19H32N2/c1-4-14-20-18-10-12-19(13-11-18)21(5-2)15-17-9-7-6-8-16(17)3/h6-9,18-20H,4-5,10-15H2,1-3H3. The molecular weight excluding hydrogens is 256 g/mol. The molecule has 2 heteroatoms. The molecule has 1 saturated carbocycles. The minimum atomic E-state index is 0.762.